The van der Waals surface area contributed by atoms with Gasteiger partial charge in [0.25, 0.3) is 0 Å². The SMILES string of the molecule is ClCc1nc2cccc(Cl)c2n1CCOCC1CC1. The Morgan fingerprint density at radius 1 is 1.37 bits per heavy atom. The molecule has 1 aromatic heterocycles. The van der Waals surface area contributed by atoms with Gasteiger partial charge in [-0.1, -0.05) is 17.7 Å². The molecule has 1 fully saturated rings. The third kappa shape index (κ3) is 2.88. The van der Waals surface area contributed by atoms with Crippen LogP contribution in [0.2, 0.25) is 5.02 Å². The fourth-order valence-electron chi connectivity index (χ4n) is 2.22. The van der Waals surface area contributed by atoms with Crippen molar-refractivity contribution in [2.24, 2.45) is 5.92 Å². The molecular formula is C14H16Cl2N2O. The minimum absolute atomic E-state index is 0.383. The monoisotopic (exact) mass is 298 g/mol. The second-order valence-electron chi connectivity index (χ2n) is 4.94. The normalized spacial score (nSPS) is 15.3. The van der Waals surface area contributed by atoms with Crippen LogP contribution >= 0.6 is 23.2 Å². The van der Waals surface area contributed by atoms with Gasteiger partial charge >= 0.3 is 0 Å². The Morgan fingerprint density at radius 3 is 2.95 bits per heavy atom. The summed E-state index contributed by atoms with van der Waals surface area (Å²) in [5.41, 5.74) is 1.85. The fourth-order valence-corrected chi connectivity index (χ4v) is 2.70. The van der Waals surface area contributed by atoms with Crippen LogP contribution in [0.4, 0.5) is 0 Å². The summed E-state index contributed by atoms with van der Waals surface area (Å²) in [6, 6.07) is 5.74. The lowest BCUT2D eigenvalue weighted by molar-refractivity contribution is 0.117. The van der Waals surface area contributed by atoms with Gasteiger partial charge in [-0.15, -0.1) is 11.6 Å². The molecule has 3 rings (SSSR count). The first-order valence-electron chi connectivity index (χ1n) is 6.57. The van der Waals surface area contributed by atoms with Crippen molar-refractivity contribution in [3.05, 3.63) is 29.0 Å². The van der Waals surface area contributed by atoms with Crippen LogP contribution < -0.4 is 0 Å². The van der Waals surface area contributed by atoms with Gasteiger partial charge in [-0.3, -0.25) is 0 Å². The molecule has 0 atom stereocenters. The highest BCUT2D eigenvalue weighted by atomic mass is 35.5. The van der Waals surface area contributed by atoms with Gasteiger partial charge in [0.2, 0.25) is 0 Å². The van der Waals surface area contributed by atoms with E-state index >= 15 is 0 Å². The first-order chi connectivity index (χ1) is 9.29. The van der Waals surface area contributed by atoms with Crippen molar-refractivity contribution < 1.29 is 4.74 Å². The maximum atomic E-state index is 6.26. The topological polar surface area (TPSA) is 27.1 Å². The molecule has 0 aliphatic heterocycles. The van der Waals surface area contributed by atoms with Crippen molar-refractivity contribution in [3.8, 4) is 0 Å². The summed E-state index contributed by atoms with van der Waals surface area (Å²) in [7, 11) is 0. The Labute approximate surface area is 122 Å². The summed E-state index contributed by atoms with van der Waals surface area (Å²) in [6.45, 7) is 2.29. The molecule has 0 radical (unpaired) electrons. The molecule has 102 valence electrons. The molecule has 1 saturated carbocycles. The number of halogens is 2. The van der Waals surface area contributed by atoms with E-state index in [1.54, 1.807) is 0 Å². The molecule has 1 aliphatic carbocycles. The molecule has 3 nitrogen and oxygen atoms in total. The predicted octanol–water partition coefficient (Wildman–Crippen LogP) is 3.86. The third-order valence-electron chi connectivity index (χ3n) is 3.43. The van der Waals surface area contributed by atoms with Crippen LogP contribution in [0, 0.1) is 5.92 Å². The molecule has 2 aromatic rings. The summed E-state index contributed by atoms with van der Waals surface area (Å²) >= 11 is 12.2. The van der Waals surface area contributed by atoms with E-state index in [1.165, 1.54) is 12.8 Å². The lowest BCUT2D eigenvalue weighted by Crippen LogP contribution is -2.10. The van der Waals surface area contributed by atoms with E-state index in [0.717, 1.165) is 35.9 Å². The minimum atomic E-state index is 0.383. The van der Waals surface area contributed by atoms with Gasteiger partial charge in [-0.2, -0.15) is 0 Å². The maximum Gasteiger partial charge on any atom is 0.124 e. The average molecular weight is 299 g/mol. The van der Waals surface area contributed by atoms with Gasteiger partial charge in [-0.05, 0) is 30.9 Å². The molecule has 1 aliphatic rings. The number of alkyl halides is 1. The smallest absolute Gasteiger partial charge is 0.124 e. The molecule has 1 aromatic carbocycles. The molecule has 5 heteroatoms. The van der Waals surface area contributed by atoms with Crippen LogP contribution in [-0.4, -0.2) is 22.8 Å². The molecule has 19 heavy (non-hydrogen) atoms. The van der Waals surface area contributed by atoms with Crippen molar-refractivity contribution in [2.45, 2.75) is 25.3 Å². The molecule has 1 heterocycles. The minimum Gasteiger partial charge on any atom is -0.379 e. The highest BCUT2D eigenvalue weighted by Gasteiger charge is 2.21. The van der Waals surface area contributed by atoms with Crippen LogP contribution in [0.25, 0.3) is 11.0 Å². The number of aromatic nitrogens is 2. The summed E-state index contributed by atoms with van der Waals surface area (Å²) < 4.78 is 7.75. The van der Waals surface area contributed by atoms with Crippen molar-refractivity contribution >= 4 is 34.2 Å². The number of imidazole rings is 1. The Hall–Kier alpha value is -0.770. The number of hydrogen-bond acceptors (Lipinski definition) is 2. The third-order valence-corrected chi connectivity index (χ3v) is 3.97. The van der Waals surface area contributed by atoms with Crippen molar-refractivity contribution in [3.63, 3.8) is 0 Å². The number of benzene rings is 1. The van der Waals surface area contributed by atoms with Gasteiger partial charge in [0.15, 0.2) is 0 Å². The Balaban J connectivity index is 1.78. The lowest BCUT2D eigenvalue weighted by atomic mass is 10.3. The number of para-hydroxylation sites is 1. The molecule has 0 bridgehead atoms. The maximum absolute atomic E-state index is 6.26. The van der Waals surface area contributed by atoms with E-state index < -0.39 is 0 Å². The summed E-state index contributed by atoms with van der Waals surface area (Å²) in [6.07, 6.45) is 2.62. The first-order valence-corrected chi connectivity index (χ1v) is 7.48. The quantitative estimate of drug-likeness (QED) is 0.598. The van der Waals surface area contributed by atoms with Crippen LogP contribution in [0.15, 0.2) is 18.2 Å². The van der Waals surface area contributed by atoms with Gasteiger partial charge in [-0.25, -0.2) is 4.98 Å². The Morgan fingerprint density at radius 2 is 2.21 bits per heavy atom. The highest BCUT2D eigenvalue weighted by molar-refractivity contribution is 6.35. The molecular weight excluding hydrogens is 283 g/mol. The van der Waals surface area contributed by atoms with E-state index in [9.17, 15) is 0 Å². The van der Waals surface area contributed by atoms with Gasteiger partial charge in [0.1, 0.15) is 5.82 Å². The summed E-state index contributed by atoms with van der Waals surface area (Å²) in [4.78, 5) is 4.51. The fraction of sp³-hybridized carbons (Fsp3) is 0.500. The van der Waals surface area contributed by atoms with E-state index in [-0.39, 0.29) is 0 Å². The van der Waals surface area contributed by atoms with Crippen LogP contribution in [-0.2, 0) is 17.2 Å². The average Bonchev–Trinajstić information content (AvgIpc) is 3.16. The predicted molar refractivity (Wildman–Crippen MR) is 77.8 cm³/mol. The first kappa shape index (κ1) is 13.2. The zero-order chi connectivity index (χ0) is 13.2. The number of nitrogens with zero attached hydrogens (tertiary/aromatic N) is 2. The van der Waals surface area contributed by atoms with Crippen LogP contribution in [0.1, 0.15) is 18.7 Å². The van der Waals surface area contributed by atoms with E-state index in [1.807, 2.05) is 18.2 Å². The number of rotatable bonds is 6. The van der Waals surface area contributed by atoms with E-state index in [0.29, 0.717) is 17.5 Å². The number of hydrogen-bond donors (Lipinski definition) is 0. The number of fused-ring (bicyclic) bond motifs is 1. The standard InChI is InChI=1S/C14H16Cl2N2O/c15-8-13-17-12-3-1-2-11(16)14(12)18(13)6-7-19-9-10-4-5-10/h1-3,10H,4-9H2. The zero-order valence-electron chi connectivity index (χ0n) is 10.6. The van der Waals surface area contributed by atoms with Crippen molar-refractivity contribution in [1.82, 2.24) is 9.55 Å². The second kappa shape index (κ2) is 5.70. The van der Waals surface area contributed by atoms with E-state index in [2.05, 4.69) is 9.55 Å². The van der Waals surface area contributed by atoms with Gasteiger partial charge in [0, 0.05) is 13.2 Å². The summed E-state index contributed by atoms with van der Waals surface area (Å²) in [5, 5.41) is 0.712. The zero-order valence-corrected chi connectivity index (χ0v) is 12.1. The largest absolute Gasteiger partial charge is 0.379 e. The molecule has 0 N–H and O–H groups in total. The molecule has 0 amide bonds. The van der Waals surface area contributed by atoms with Crippen molar-refractivity contribution in [2.75, 3.05) is 13.2 Å². The molecule has 0 spiro atoms. The molecule has 0 unspecified atom stereocenters. The Kier molecular flexibility index (Phi) is 3.96. The number of ether oxygens (including phenoxy) is 1. The second-order valence-corrected chi connectivity index (χ2v) is 5.61. The van der Waals surface area contributed by atoms with Gasteiger partial charge in [0.05, 0.1) is 28.5 Å². The van der Waals surface area contributed by atoms with Crippen LogP contribution in [0.3, 0.4) is 0 Å². The molecule has 0 saturated heterocycles. The van der Waals surface area contributed by atoms with Crippen molar-refractivity contribution in [1.29, 1.82) is 0 Å². The van der Waals surface area contributed by atoms with Crippen LogP contribution in [0.5, 0.6) is 0 Å². The lowest BCUT2D eigenvalue weighted by Gasteiger charge is -2.09. The van der Waals surface area contributed by atoms with Gasteiger partial charge < -0.3 is 9.30 Å². The van der Waals surface area contributed by atoms with E-state index in [4.69, 9.17) is 27.9 Å². The summed E-state index contributed by atoms with van der Waals surface area (Å²) in [5.74, 6) is 2.02. The highest BCUT2D eigenvalue weighted by Crippen LogP contribution is 2.29. The Bertz CT molecular complexity index is 578.